The van der Waals surface area contributed by atoms with Crippen molar-refractivity contribution < 1.29 is 19.1 Å². The van der Waals surface area contributed by atoms with Gasteiger partial charge in [0.1, 0.15) is 17.5 Å². The van der Waals surface area contributed by atoms with Gasteiger partial charge >= 0.3 is 5.88 Å². The lowest BCUT2D eigenvalue weighted by Crippen LogP contribution is -2.32. The number of nitrogens with one attached hydrogen (secondary N) is 3. The van der Waals surface area contributed by atoms with Crippen molar-refractivity contribution in [1.82, 2.24) is 44.5 Å². The predicted molar refractivity (Wildman–Crippen MR) is 205 cm³/mol. The number of nitrogens with zero attached hydrogens (tertiary/aromatic N) is 9. The van der Waals surface area contributed by atoms with E-state index >= 15 is 0 Å². The van der Waals surface area contributed by atoms with Crippen LogP contribution in [0.5, 0.6) is 5.88 Å². The summed E-state index contributed by atoms with van der Waals surface area (Å²) in [5.41, 5.74) is 11.8. The molecular formula is C37H40BrFN13O2+. The Hall–Kier alpha value is -5.94. The van der Waals surface area contributed by atoms with Gasteiger partial charge in [-0.25, -0.2) is 24.3 Å². The second kappa shape index (κ2) is 16.4. The fourth-order valence-electron chi connectivity index (χ4n) is 6.21. The molecule has 1 fully saturated rings. The second-order valence-electron chi connectivity index (χ2n) is 12.7. The molecule has 6 N–H and O–H groups in total. The summed E-state index contributed by atoms with van der Waals surface area (Å²) >= 11 is 3.54. The topological polar surface area (TPSA) is 182 Å². The van der Waals surface area contributed by atoms with Gasteiger partial charge in [-0.1, -0.05) is 19.1 Å². The minimum absolute atomic E-state index is 0.276. The first kappa shape index (κ1) is 36.4. The van der Waals surface area contributed by atoms with Gasteiger partial charge < -0.3 is 26.4 Å². The van der Waals surface area contributed by atoms with Gasteiger partial charge in [-0.3, -0.25) is 5.21 Å². The Morgan fingerprint density at radius 1 is 0.981 bits per heavy atom. The molecule has 7 aromatic rings. The van der Waals surface area contributed by atoms with E-state index in [1.807, 2.05) is 17.5 Å². The van der Waals surface area contributed by atoms with Gasteiger partial charge in [-0.2, -0.15) is 19.2 Å². The van der Waals surface area contributed by atoms with Crippen LogP contribution >= 0.6 is 15.9 Å². The summed E-state index contributed by atoms with van der Waals surface area (Å²) in [6, 6.07) is 13.9. The number of methoxy groups -OCH3 is 1. The Kier molecular flexibility index (Phi) is 11.1. The van der Waals surface area contributed by atoms with Gasteiger partial charge in [0.15, 0.2) is 11.3 Å². The van der Waals surface area contributed by atoms with Crippen LogP contribution in [0.3, 0.4) is 0 Å². The molecule has 0 aliphatic carbocycles. The Morgan fingerprint density at radius 3 is 2.44 bits per heavy atom. The summed E-state index contributed by atoms with van der Waals surface area (Å²) < 4.78 is 24.7. The van der Waals surface area contributed by atoms with Crippen LogP contribution in [-0.4, -0.2) is 64.6 Å². The number of nitrogen functional groups attached to an aromatic ring is 1. The number of aromatic nitrogens is 9. The lowest BCUT2D eigenvalue weighted by atomic mass is 9.96. The summed E-state index contributed by atoms with van der Waals surface area (Å²) in [6.07, 6.45) is 11.6. The van der Waals surface area contributed by atoms with E-state index in [4.69, 9.17) is 15.5 Å². The zero-order valence-electron chi connectivity index (χ0n) is 29.7. The Labute approximate surface area is 318 Å². The third-order valence-electron chi connectivity index (χ3n) is 9.07. The fraction of sp³-hybridized carbons (Fsp3) is 0.270. The minimum atomic E-state index is -0.329. The van der Waals surface area contributed by atoms with E-state index in [9.17, 15) is 9.60 Å². The number of ether oxygens (including phenoxy) is 1. The van der Waals surface area contributed by atoms with Crippen molar-refractivity contribution in [3.05, 3.63) is 112 Å². The molecule has 1 unspecified atom stereocenters. The highest BCUT2D eigenvalue weighted by atomic mass is 79.9. The summed E-state index contributed by atoms with van der Waals surface area (Å²) in [5.74, 6) is 2.27. The number of nitrogens with two attached hydrogens (primary N) is 1. The minimum Gasteiger partial charge on any atom is -0.445 e. The summed E-state index contributed by atoms with van der Waals surface area (Å²) in [7, 11) is 1.49. The molecule has 0 amide bonds. The van der Waals surface area contributed by atoms with Crippen LogP contribution in [-0.2, 0) is 19.5 Å². The van der Waals surface area contributed by atoms with Crippen molar-refractivity contribution >= 4 is 44.8 Å². The molecule has 17 heteroatoms. The Bertz CT molecular complexity index is 2380. The molecule has 15 nitrogen and oxygen atoms in total. The maximum absolute atomic E-state index is 14.4. The number of fused-ring (bicyclic) bond motifs is 2. The Balaban J connectivity index is 0.000000168. The number of hydrogen-bond acceptors (Lipinski definition) is 12. The van der Waals surface area contributed by atoms with Crippen molar-refractivity contribution in [3.8, 4) is 17.1 Å². The molecule has 1 aromatic carbocycles. The second-order valence-corrected chi connectivity index (χ2v) is 13.5. The molecule has 0 spiro atoms. The number of aryl methyl sites for hydroxylation is 1. The van der Waals surface area contributed by atoms with Gasteiger partial charge in [-0.05, 0) is 59.9 Å². The first-order valence-electron chi connectivity index (χ1n) is 17.5. The van der Waals surface area contributed by atoms with E-state index in [0.717, 1.165) is 69.0 Å². The largest absolute Gasteiger partial charge is 0.445 e. The van der Waals surface area contributed by atoms with Crippen LogP contribution < -0.4 is 31.2 Å². The number of halogens is 2. The van der Waals surface area contributed by atoms with Gasteiger partial charge in [-0.15, -0.1) is 0 Å². The van der Waals surface area contributed by atoms with Crippen LogP contribution in [0.2, 0.25) is 0 Å². The zero-order chi connectivity index (χ0) is 37.6. The van der Waals surface area contributed by atoms with E-state index in [0.29, 0.717) is 47.6 Å². The number of benzene rings is 1. The lowest BCUT2D eigenvalue weighted by Gasteiger charge is -2.23. The predicted octanol–water partition coefficient (Wildman–Crippen LogP) is 5.19. The summed E-state index contributed by atoms with van der Waals surface area (Å²) in [5, 5.41) is 28.9. The summed E-state index contributed by atoms with van der Waals surface area (Å²) in [4.78, 5) is 17.5. The zero-order valence-corrected chi connectivity index (χ0v) is 31.3. The molecule has 54 heavy (non-hydrogen) atoms. The SMILES string of the molecule is CCc1cnn2c(NCc3ccc(OC)[n+](O)c3)cc(-c3ccccc3F)nc12.Nc1ncc(CNc2cc(C3CCCNC3)nc3c(Br)cnn23)cn1. The van der Waals surface area contributed by atoms with E-state index in [2.05, 4.69) is 63.1 Å². The molecule has 6 aromatic heterocycles. The monoisotopic (exact) mass is 796 g/mol. The standard InChI is InChI=1S/C21H21FN5O2.C16H19BrN8/c1-3-15-12-24-27-19(23-11-14-8-9-20(29-2)26(28)13-14)10-18(25-21(15)27)16-6-4-5-7-17(16)22;17-12-9-23-25-14(20-5-10-6-21-16(18)22-7-10)4-13(24-15(12)25)11-2-1-3-19-8-11/h4-10,12-13,23,28H,3,11H2,1-2H3;4,6-7,9,11,19-20H,1-3,5,8H2,(H2,18,21,22)/q+1;. The van der Waals surface area contributed by atoms with E-state index < -0.39 is 0 Å². The number of rotatable bonds is 10. The molecule has 1 saturated heterocycles. The molecule has 8 rings (SSSR count). The third-order valence-corrected chi connectivity index (χ3v) is 9.63. The van der Waals surface area contributed by atoms with Crippen LogP contribution in [0.4, 0.5) is 22.0 Å². The molecule has 1 aliphatic rings. The van der Waals surface area contributed by atoms with Gasteiger partial charge in [0.25, 0.3) is 0 Å². The van der Waals surface area contributed by atoms with Gasteiger partial charge in [0.05, 0.1) is 41.4 Å². The fourth-order valence-corrected chi connectivity index (χ4v) is 6.56. The van der Waals surface area contributed by atoms with Crippen molar-refractivity contribution in [2.45, 2.75) is 45.2 Å². The van der Waals surface area contributed by atoms with Crippen molar-refractivity contribution in [2.75, 3.05) is 36.6 Å². The van der Waals surface area contributed by atoms with Crippen LogP contribution in [0.1, 0.15) is 48.1 Å². The molecule has 0 bridgehead atoms. The van der Waals surface area contributed by atoms with Crippen molar-refractivity contribution in [3.63, 3.8) is 0 Å². The smallest absolute Gasteiger partial charge is 0.416 e. The lowest BCUT2D eigenvalue weighted by molar-refractivity contribution is -0.906. The molecule has 1 atom stereocenters. The molecular weight excluding hydrogens is 757 g/mol. The average Bonchev–Trinajstić information content (AvgIpc) is 3.80. The van der Waals surface area contributed by atoms with Crippen LogP contribution in [0.15, 0.2) is 84.0 Å². The molecule has 0 saturated carbocycles. The normalized spacial score (nSPS) is 14.1. The number of pyridine rings is 1. The Morgan fingerprint density at radius 2 is 1.72 bits per heavy atom. The maximum Gasteiger partial charge on any atom is 0.416 e. The van der Waals surface area contributed by atoms with Crippen molar-refractivity contribution in [2.24, 2.45) is 0 Å². The first-order valence-corrected chi connectivity index (χ1v) is 18.3. The average molecular weight is 798 g/mol. The maximum atomic E-state index is 14.4. The van der Waals surface area contributed by atoms with E-state index in [1.165, 1.54) is 19.6 Å². The molecule has 0 radical (unpaired) electrons. The molecule has 278 valence electrons. The molecule has 7 heterocycles. The van der Waals surface area contributed by atoms with Crippen LogP contribution in [0.25, 0.3) is 22.6 Å². The summed E-state index contributed by atoms with van der Waals surface area (Å²) in [6.45, 7) is 5.07. The molecule has 1 aliphatic heterocycles. The first-order chi connectivity index (χ1) is 26.3. The van der Waals surface area contributed by atoms with E-state index in [-0.39, 0.29) is 11.8 Å². The highest BCUT2D eigenvalue weighted by Crippen LogP contribution is 2.28. The number of anilines is 3. The number of hydrogen-bond donors (Lipinski definition) is 5. The highest BCUT2D eigenvalue weighted by molar-refractivity contribution is 9.10. The highest BCUT2D eigenvalue weighted by Gasteiger charge is 2.20. The van der Waals surface area contributed by atoms with E-state index in [1.54, 1.807) is 65.8 Å². The van der Waals surface area contributed by atoms with Gasteiger partial charge in [0.2, 0.25) is 12.1 Å². The van der Waals surface area contributed by atoms with Crippen molar-refractivity contribution in [1.29, 1.82) is 0 Å². The van der Waals surface area contributed by atoms with Gasteiger partial charge in [0, 0.05) is 77.1 Å². The van der Waals surface area contributed by atoms with Crippen LogP contribution in [0, 0.1) is 5.82 Å². The quantitative estimate of drug-likeness (QED) is 0.0905. The third kappa shape index (κ3) is 8.01. The number of piperidine rings is 1.